The average Bonchev–Trinajstić information content (AvgIpc) is 2.81. The van der Waals surface area contributed by atoms with Crippen molar-refractivity contribution in [1.82, 2.24) is 4.90 Å². The highest BCUT2D eigenvalue weighted by Gasteiger charge is 2.40. The van der Waals surface area contributed by atoms with E-state index in [0.29, 0.717) is 19.5 Å². The SMILES string of the molecule is CC1(C(=O)O)CCCN(C(=O)C2CC=CC2)C1. The maximum atomic E-state index is 12.2. The van der Waals surface area contributed by atoms with Gasteiger partial charge in [-0.2, -0.15) is 0 Å². The van der Waals surface area contributed by atoms with Crippen molar-refractivity contribution in [3.05, 3.63) is 12.2 Å². The number of nitrogens with zero attached hydrogens (tertiary/aromatic N) is 1. The van der Waals surface area contributed by atoms with Crippen LogP contribution in [0.2, 0.25) is 0 Å². The Morgan fingerprint density at radius 1 is 1.35 bits per heavy atom. The molecule has 0 aromatic rings. The smallest absolute Gasteiger partial charge is 0.311 e. The lowest BCUT2D eigenvalue weighted by molar-refractivity contribution is -0.154. The van der Waals surface area contributed by atoms with Gasteiger partial charge in [-0.05, 0) is 32.6 Å². The van der Waals surface area contributed by atoms with Crippen molar-refractivity contribution in [3.63, 3.8) is 0 Å². The Bertz CT molecular complexity index is 356. The molecule has 0 spiro atoms. The second-order valence-corrected chi connectivity index (χ2v) is 5.37. The molecule has 94 valence electrons. The number of amides is 1. The summed E-state index contributed by atoms with van der Waals surface area (Å²) in [5.41, 5.74) is -0.764. The minimum absolute atomic E-state index is 0.0474. The summed E-state index contributed by atoms with van der Waals surface area (Å²) in [4.78, 5) is 25.2. The number of carbonyl (C=O) groups is 2. The number of aliphatic carboxylic acids is 1. The monoisotopic (exact) mass is 237 g/mol. The Hall–Kier alpha value is -1.32. The van der Waals surface area contributed by atoms with Gasteiger partial charge >= 0.3 is 5.97 Å². The van der Waals surface area contributed by atoms with Gasteiger partial charge in [-0.1, -0.05) is 12.2 Å². The summed E-state index contributed by atoms with van der Waals surface area (Å²) in [6.45, 7) is 2.80. The molecule has 1 atom stereocenters. The predicted molar refractivity (Wildman–Crippen MR) is 63.4 cm³/mol. The Morgan fingerprint density at radius 2 is 2.00 bits per heavy atom. The Balaban J connectivity index is 2.02. The number of piperidine rings is 1. The fraction of sp³-hybridized carbons (Fsp3) is 0.692. The fourth-order valence-electron chi connectivity index (χ4n) is 2.68. The zero-order valence-corrected chi connectivity index (χ0v) is 10.2. The first kappa shape index (κ1) is 12.1. The molecular formula is C13H19NO3. The third-order valence-corrected chi connectivity index (χ3v) is 3.88. The first-order valence-electron chi connectivity index (χ1n) is 6.20. The number of carboxylic acid groups (broad SMARTS) is 1. The third kappa shape index (κ3) is 2.35. The van der Waals surface area contributed by atoms with Crippen LogP contribution in [0.15, 0.2) is 12.2 Å². The van der Waals surface area contributed by atoms with Crippen LogP contribution in [0.4, 0.5) is 0 Å². The molecular weight excluding hydrogens is 218 g/mol. The van der Waals surface area contributed by atoms with Gasteiger partial charge in [-0.25, -0.2) is 0 Å². The van der Waals surface area contributed by atoms with Gasteiger partial charge in [0.1, 0.15) is 0 Å². The Morgan fingerprint density at radius 3 is 2.59 bits per heavy atom. The van der Waals surface area contributed by atoms with E-state index in [0.717, 1.165) is 19.3 Å². The van der Waals surface area contributed by atoms with Crippen LogP contribution in [0.5, 0.6) is 0 Å². The van der Waals surface area contributed by atoms with E-state index in [-0.39, 0.29) is 11.8 Å². The van der Waals surface area contributed by atoms with Gasteiger partial charge < -0.3 is 10.0 Å². The summed E-state index contributed by atoms with van der Waals surface area (Å²) >= 11 is 0. The van der Waals surface area contributed by atoms with E-state index in [1.165, 1.54) is 0 Å². The summed E-state index contributed by atoms with van der Waals surface area (Å²) in [5.74, 6) is -0.618. The summed E-state index contributed by atoms with van der Waals surface area (Å²) in [6, 6.07) is 0. The zero-order chi connectivity index (χ0) is 12.5. The number of carboxylic acids is 1. The van der Waals surface area contributed by atoms with Crippen molar-refractivity contribution in [2.45, 2.75) is 32.6 Å². The van der Waals surface area contributed by atoms with E-state index < -0.39 is 11.4 Å². The van der Waals surface area contributed by atoms with Crippen LogP contribution in [0.25, 0.3) is 0 Å². The van der Waals surface area contributed by atoms with E-state index in [2.05, 4.69) is 0 Å². The van der Waals surface area contributed by atoms with Crippen molar-refractivity contribution in [2.24, 2.45) is 11.3 Å². The van der Waals surface area contributed by atoms with Crippen molar-refractivity contribution in [1.29, 1.82) is 0 Å². The largest absolute Gasteiger partial charge is 0.481 e. The van der Waals surface area contributed by atoms with Crippen LogP contribution >= 0.6 is 0 Å². The van der Waals surface area contributed by atoms with Gasteiger partial charge in [0.2, 0.25) is 5.91 Å². The summed E-state index contributed by atoms with van der Waals surface area (Å²) in [5, 5.41) is 9.21. The lowest BCUT2D eigenvalue weighted by atomic mass is 9.81. The fourth-order valence-corrected chi connectivity index (χ4v) is 2.68. The van der Waals surface area contributed by atoms with Gasteiger partial charge in [0.05, 0.1) is 5.41 Å². The number of likely N-dealkylation sites (tertiary alicyclic amines) is 1. The van der Waals surface area contributed by atoms with Crippen LogP contribution in [0.1, 0.15) is 32.6 Å². The van der Waals surface area contributed by atoms with Crippen molar-refractivity contribution in [2.75, 3.05) is 13.1 Å². The van der Waals surface area contributed by atoms with Crippen LogP contribution in [0.3, 0.4) is 0 Å². The molecule has 1 aliphatic heterocycles. The molecule has 1 unspecified atom stereocenters. The van der Waals surface area contributed by atoms with E-state index >= 15 is 0 Å². The molecule has 1 heterocycles. The number of allylic oxidation sites excluding steroid dienone is 2. The molecule has 0 bridgehead atoms. The molecule has 0 saturated carbocycles. The van der Waals surface area contributed by atoms with E-state index in [9.17, 15) is 14.7 Å². The van der Waals surface area contributed by atoms with Crippen LogP contribution in [0, 0.1) is 11.3 Å². The Labute approximate surface area is 101 Å². The molecule has 0 aromatic heterocycles. The minimum atomic E-state index is -0.792. The van der Waals surface area contributed by atoms with Gasteiger partial charge in [0, 0.05) is 19.0 Å². The van der Waals surface area contributed by atoms with E-state index in [1.807, 2.05) is 12.2 Å². The van der Waals surface area contributed by atoms with Crippen molar-refractivity contribution in [3.8, 4) is 0 Å². The van der Waals surface area contributed by atoms with E-state index in [1.54, 1.807) is 11.8 Å². The van der Waals surface area contributed by atoms with Crippen LogP contribution in [-0.2, 0) is 9.59 Å². The predicted octanol–water partition coefficient (Wildman–Crippen LogP) is 1.67. The second-order valence-electron chi connectivity index (χ2n) is 5.37. The number of hydrogen-bond donors (Lipinski definition) is 1. The molecule has 1 saturated heterocycles. The first-order valence-corrected chi connectivity index (χ1v) is 6.20. The lowest BCUT2D eigenvalue weighted by Gasteiger charge is -2.38. The molecule has 1 fully saturated rings. The molecule has 1 aliphatic carbocycles. The highest BCUT2D eigenvalue weighted by molar-refractivity contribution is 5.81. The van der Waals surface area contributed by atoms with E-state index in [4.69, 9.17) is 0 Å². The molecule has 2 rings (SSSR count). The molecule has 4 heteroatoms. The maximum Gasteiger partial charge on any atom is 0.311 e. The molecule has 0 radical (unpaired) electrons. The highest BCUT2D eigenvalue weighted by Crippen LogP contribution is 2.31. The number of rotatable bonds is 2. The van der Waals surface area contributed by atoms with Crippen molar-refractivity contribution < 1.29 is 14.7 Å². The highest BCUT2D eigenvalue weighted by atomic mass is 16.4. The quantitative estimate of drug-likeness (QED) is 0.743. The molecule has 1 amide bonds. The maximum absolute atomic E-state index is 12.2. The topological polar surface area (TPSA) is 57.6 Å². The third-order valence-electron chi connectivity index (χ3n) is 3.88. The molecule has 0 aromatic carbocycles. The number of hydrogen-bond acceptors (Lipinski definition) is 2. The first-order chi connectivity index (χ1) is 8.03. The van der Waals surface area contributed by atoms with Crippen LogP contribution in [-0.4, -0.2) is 35.0 Å². The van der Waals surface area contributed by atoms with Gasteiger partial charge in [0.15, 0.2) is 0 Å². The molecule has 17 heavy (non-hydrogen) atoms. The van der Waals surface area contributed by atoms with Gasteiger partial charge in [-0.15, -0.1) is 0 Å². The van der Waals surface area contributed by atoms with Gasteiger partial charge in [0.25, 0.3) is 0 Å². The summed E-state index contributed by atoms with van der Waals surface area (Å²) in [7, 11) is 0. The second kappa shape index (κ2) is 4.51. The minimum Gasteiger partial charge on any atom is -0.481 e. The van der Waals surface area contributed by atoms with Gasteiger partial charge in [-0.3, -0.25) is 9.59 Å². The summed E-state index contributed by atoms with van der Waals surface area (Å²) in [6.07, 6.45) is 7.12. The zero-order valence-electron chi connectivity index (χ0n) is 10.2. The lowest BCUT2D eigenvalue weighted by Crippen LogP contribution is -2.49. The molecule has 4 nitrogen and oxygen atoms in total. The molecule has 1 N–H and O–H groups in total. The van der Waals surface area contributed by atoms with Crippen LogP contribution < -0.4 is 0 Å². The molecule has 2 aliphatic rings. The standard InChI is InChI=1S/C13H19NO3/c1-13(12(16)17)7-4-8-14(9-13)11(15)10-5-2-3-6-10/h2-3,10H,4-9H2,1H3,(H,16,17). The Kier molecular flexibility index (Phi) is 3.22. The average molecular weight is 237 g/mol. The normalized spacial score (nSPS) is 29.6. The van der Waals surface area contributed by atoms with Crippen molar-refractivity contribution >= 4 is 11.9 Å². The summed E-state index contributed by atoms with van der Waals surface area (Å²) < 4.78 is 0. The number of carbonyl (C=O) groups excluding carboxylic acids is 1.